The quantitative estimate of drug-likeness (QED) is 0.714. The topological polar surface area (TPSA) is 25.8 Å². The summed E-state index contributed by atoms with van der Waals surface area (Å²) in [6, 6.07) is 0. The molecular weight excluding hydrogens is 316 g/mol. The molecule has 2 heteroatoms. The van der Waals surface area contributed by atoms with Crippen molar-refractivity contribution in [1.29, 1.82) is 0 Å². The van der Waals surface area contributed by atoms with Crippen LogP contribution in [0.5, 0.6) is 0 Å². The van der Waals surface area contributed by atoms with Gasteiger partial charge in [0.1, 0.15) is 0 Å². The molecule has 0 unspecified atom stereocenters. The van der Waals surface area contributed by atoms with Crippen LogP contribution in [0.1, 0.15) is 88.4 Å². The average molecular weight is 349 g/mol. The maximum absolute atomic E-state index is 5.49. The molecule has 0 aromatic carbocycles. The number of rotatable bonds is 2. The Kier molecular flexibility index (Phi) is 2.85. The van der Waals surface area contributed by atoms with E-state index < -0.39 is 0 Å². The summed E-state index contributed by atoms with van der Waals surface area (Å²) in [5.74, 6) is 5.95. The first-order valence-corrected chi connectivity index (χ1v) is 11.5. The van der Waals surface area contributed by atoms with E-state index in [1.54, 1.807) is 0 Å². The van der Waals surface area contributed by atoms with Crippen LogP contribution in [0.3, 0.4) is 0 Å². The van der Waals surface area contributed by atoms with Crippen LogP contribution in [0.15, 0.2) is 12.4 Å². The largest absolute Gasteiger partial charge is 0.261 e. The molecule has 9 rings (SSSR count). The lowest BCUT2D eigenvalue weighted by Crippen LogP contribution is -2.50. The Labute approximate surface area is 157 Å². The van der Waals surface area contributed by atoms with Gasteiger partial charge in [0.15, 0.2) is 0 Å². The zero-order valence-electron chi connectivity index (χ0n) is 16.0. The van der Waals surface area contributed by atoms with E-state index in [0.29, 0.717) is 10.8 Å². The Morgan fingerprint density at radius 2 is 0.846 bits per heavy atom. The average Bonchev–Trinajstić information content (AvgIpc) is 2.60. The lowest BCUT2D eigenvalue weighted by molar-refractivity contribution is -0.0128. The molecule has 0 spiro atoms. The molecule has 26 heavy (non-hydrogen) atoms. The van der Waals surface area contributed by atoms with Gasteiger partial charge in [0.2, 0.25) is 0 Å². The van der Waals surface area contributed by atoms with Crippen molar-refractivity contribution in [3.05, 3.63) is 23.8 Å². The first kappa shape index (κ1) is 15.1. The fourth-order valence-corrected chi connectivity index (χ4v) is 9.73. The maximum Gasteiger partial charge on any atom is 0.0652 e. The summed E-state index contributed by atoms with van der Waals surface area (Å²) >= 11 is 0. The molecule has 0 amide bonds. The molecular formula is C24H32N2. The molecule has 8 aliphatic rings. The summed E-state index contributed by atoms with van der Waals surface area (Å²) in [5.41, 5.74) is 3.62. The molecule has 8 aliphatic carbocycles. The van der Waals surface area contributed by atoms with Gasteiger partial charge in [-0.25, -0.2) is 0 Å². The highest BCUT2D eigenvalue weighted by molar-refractivity contribution is 5.27. The molecule has 0 N–H and O–H groups in total. The van der Waals surface area contributed by atoms with Crippen molar-refractivity contribution in [2.75, 3.05) is 0 Å². The molecule has 2 nitrogen and oxygen atoms in total. The highest BCUT2D eigenvalue weighted by Gasteiger charge is 2.55. The monoisotopic (exact) mass is 348 g/mol. The number of nitrogens with zero attached hydrogens (tertiary/aromatic N) is 2. The van der Waals surface area contributed by atoms with E-state index in [1.165, 1.54) is 88.4 Å². The minimum Gasteiger partial charge on any atom is -0.261 e. The Morgan fingerprint density at radius 1 is 0.538 bits per heavy atom. The van der Waals surface area contributed by atoms with Crippen molar-refractivity contribution in [3.63, 3.8) is 0 Å². The van der Waals surface area contributed by atoms with Gasteiger partial charge in [-0.15, -0.1) is 0 Å². The highest BCUT2D eigenvalue weighted by atomic mass is 14.9. The van der Waals surface area contributed by atoms with Gasteiger partial charge in [0.05, 0.1) is 11.4 Å². The van der Waals surface area contributed by atoms with Crippen LogP contribution in [-0.4, -0.2) is 9.97 Å². The Bertz CT molecular complexity index is 621. The zero-order chi connectivity index (χ0) is 16.9. The number of hydrogen-bond acceptors (Lipinski definition) is 2. The summed E-state index contributed by atoms with van der Waals surface area (Å²) in [4.78, 5) is 10.3. The number of hydrogen-bond donors (Lipinski definition) is 0. The minimum atomic E-state index is 0.403. The third-order valence-corrected chi connectivity index (χ3v) is 9.80. The van der Waals surface area contributed by atoms with Crippen molar-refractivity contribution >= 4 is 0 Å². The van der Waals surface area contributed by atoms with Gasteiger partial charge in [0, 0.05) is 23.2 Å². The van der Waals surface area contributed by atoms with E-state index in [4.69, 9.17) is 9.97 Å². The summed E-state index contributed by atoms with van der Waals surface area (Å²) < 4.78 is 0. The van der Waals surface area contributed by atoms with Crippen molar-refractivity contribution in [3.8, 4) is 0 Å². The zero-order valence-corrected chi connectivity index (χ0v) is 16.0. The van der Waals surface area contributed by atoms with Gasteiger partial charge in [-0.3, -0.25) is 9.97 Å². The standard InChI is InChI=1S/C24H32N2/c1-15-2-17-3-16(1)8-23(7-15,9-17)21-13-25-14-22(26-21)24-10-18-4-19(11-24)6-20(5-18)12-24/h13-20H,1-12H2. The van der Waals surface area contributed by atoms with Crippen LogP contribution < -0.4 is 0 Å². The van der Waals surface area contributed by atoms with Gasteiger partial charge in [-0.1, -0.05) is 0 Å². The van der Waals surface area contributed by atoms with E-state index in [0.717, 1.165) is 35.5 Å². The first-order chi connectivity index (χ1) is 12.7. The van der Waals surface area contributed by atoms with Crippen LogP contribution in [0.4, 0.5) is 0 Å². The lowest BCUT2D eigenvalue weighted by atomic mass is 9.48. The summed E-state index contributed by atoms with van der Waals surface area (Å²) in [5, 5.41) is 0. The molecule has 8 fully saturated rings. The number of aromatic nitrogens is 2. The summed E-state index contributed by atoms with van der Waals surface area (Å²) in [6.45, 7) is 0. The second-order valence-corrected chi connectivity index (χ2v) is 11.7. The normalized spacial score (nSPS) is 53.4. The highest BCUT2D eigenvalue weighted by Crippen LogP contribution is 2.62. The van der Waals surface area contributed by atoms with Crippen molar-refractivity contribution in [2.24, 2.45) is 35.5 Å². The molecule has 1 heterocycles. The molecule has 1 aromatic rings. The van der Waals surface area contributed by atoms with Crippen LogP contribution >= 0.6 is 0 Å². The van der Waals surface area contributed by atoms with Crippen molar-refractivity contribution in [2.45, 2.75) is 87.9 Å². The van der Waals surface area contributed by atoms with Gasteiger partial charge < -0.3 is 0 Å². The molecule has 138 valence electrons. The molecule has 0 aliphatic heterocycles. The van der Waals surface area contributed by atoms with E-state index >= 15 is 0 Å². The predicted molar refractivity (Wildman–Crippen MR) is 102 cm³/mol. The third-order valence-electron chi connectivity index (χ3n) is 9.80. The summed E-state index contributed by atoms with van der Waals surface area (Å²) in [7, 11) is 0. The van der Waals surface area contributed by atoms with Crippen LogP contribution in [0.2, 0.25) is 0 Å². The molecule has 0 atom stereocenters. The van der Waals surface area contributed by atoms with Crippen LogP contribution in [0.25, 0.3) is 0 Å². The van der Waals surface area contributed by atoms with Crippen molar-refractivity contribution in [1.82, 2.24) is 9.97 Å². The Hall–Kier alpha value is -0.920. The van der Waals surface area contributed by atoms with Crippen LogP contribution in [-0.2, 0) is 10.8 Å². The second kappa shape index (κ2) is 4.92. The summed E-state index contributed by atoms with van der Waals surface area (Å²) in [6.07, 6.45) is 21.9. The lowest BCUT2D eigenvalue weighted by Gasteiger charge is -2.57. The molecule has 1 aromatic heterocycles. The van der Waals surface area contributed by atoms with E-state index in [9.17, 15) is 0 Å². The SMILES string of the molecule is c1ncc(C23CC4CC(CC(C4)C2)C3)nc1C12CC3CC(CC(C3)C1)C2. The van der Waals surface area contributed by atoms with Crippen molar-refractivity contribution < 1.29 is 0 Å². The van der Waals surface area contributed by atoms with Gasteiger partial charge in [0.25, 0.3) is 0 Å². The second-order valence-electron chi connectivity index (χ2n) is 11.7. The van der Waals surface area contributed by atoms with E-state index in [-0.39, 0.29) is 0 Å². The van der Waals surface area contributed by atoms with Gasteiger partial charge >= 0.3 is 0 Å². The predicted octanol–water partition coefficient (Wildman–Crippen LogP) is 5.41. The fourth-order valence-electron chi connectivity index (χ4n) is 9.73. The Morgan fingerprint density at radius 3 is 1.15 bits per heavy atom. The first-order valence-electron chi connectivity index (χ1n) is 11.5. The minimum absolute atomic E-state index is 0.403. The molecule has 8 saturated carbocycles. The van der Waals surface area contributed by atoms with E-state index in [2.05, 4.69) is 12.4 Å². The maximum atomic E-state index is 5.49. The molecule has 0 saturated heterocycles. The fraction of sp³-hybridized carbons (Fsp3) is 0.833. The Balaban J connectivity index is 1.28. The van der Waals surface area contributed by atoms with E-state index in [1.807, 2.05) is 0 Å². The molecule has 0 radical (unpaired) electrons. The smallest absolute Gasteiger partial charge is 0.0652 e. The molecule has 8 bridgehead atoms. The van der Waals surface area contributed by atoms with Gasteiger partial charge in [-0.05, 0) is 113 Å². The third kappa shape index (κ3) is 2.00. The van der Waals surface area contributed by atoms with Gasteiger partial charge in [-0.2, -0.15) is 0 Å². The van der Waals surface area contributed by atoms with Crippen LogP contribution in [0, 0.1) is 35.5 Å².